The van der Waals surface area contributed by atoms with Gasteiger partial charge in [0.1, 0.15) is 5.75 Å². The van der Waals surface area contributed by atoms with Gasteiger partial charge in [0, 0.05) is 23.7 Å². The third kappa shape index (κ3) is 3.38. The Morgan fingerprint density at radius 1 is 1.28 bits per heavy atom. The van der Waals surface area contributed by atoms with Gasteiger partial charge in [-0.05, 0) is 30.7 Å². The molecule has 128 valence electrons. The predicted molar refractivity (Wildman–Crippen MR) is 93.6 cm³/mol. The molecule has 0 bridgehead atoms. The normalized spacial score (nSPS) is 12.0. The number of hydrogen-bond acceptors (Lipinski definition) is 5. The van der Waals surface area contributed by atoms with Crippen LogP contribution in [-0.4, -0.2) is 27.7 Å². The van der Waals surface area contributed by atoms with Gasteiger partial charge in [-0.15, -0.1) is 0 Å². The Bertz CT molecular complexity index is 951. The lowest BCUT2D eigenvalue weighted by Gasteiger charge is -2.18. The lowest BCUT2D eigenvalue weighted by atomic mass is 9.89. The fourth-order valence-corrected chi connectivity index (χ4v) is 2.92. The van der Waals surface area contributed by atoms with Gasteiger partial charge in [0.2, 0.25) is 0 Å². The SMILES string of the molecule is CCOC(=O)CC(c1cccnc1)c1c(O)c2ccccc2[nH]c1=O. The van der Waals surface area contributed by atoms with E-state index in [0.717, 1.165) is 0 Å². The van der Waals surface area contributed by atoms with Crippen LogP contribution in [0.25, 0.3) is 10.9 Å². The highest BCUT2D eigenvalue weighted by Crippen LogP contribution is 2.35. The number of rotatable bonds is 5. The van der Waals surface area contributed by atoms with Crippen molar-refractivity contribution in [3.63, 3.8) is 0 Å². The Labute approximate surface area is 144 Å². The number of carbonyl (C=O) groups excluding carboxylic acids is 1. The summed E-state index contributed by atoms with van der Waals surface area (Å²) >= 11 is 0. The van der Waals surface area contributed by atoms with Crippen LogP contribution in [0, 0.1) is 0 Å². The van der Waals surface area contributed by atoms with E-state index in [1.165, 1.54) is 0 Å². The Kier molecular flexibility index (Phi) is 4.79. The van der Waals surface area contributed by atoms with Crippen molar-refractivity contribution in [1.82, 2.24) is 9.97 Å². The van der Waals surface area contributed by atoms with E-state index < -0.39 is 17.4 Å². The first-order chi connectivity index (χ1) is 12.1. The summed E-state index contributed by atoms with van der Waals surface area (Å²) in [5, 5.41) is 11.2. The number of fused-ring (bicyclic) bond motifs is 1. The van der Waals surface area contributed by atoms with Crippen molar-refractivity contribution in [2.24, 2.45) is 0 Å². The van der Waals surface area contributed by atoms with Gasteiger partial charge in [0.05, 0.1) is 24.1 Å². The standard InChI is InChI=1S/C19H18N2O4/c1-2-25-16(22)10-14(12-6-5-9-20-11-12)17-18(23)13-7-3-4-8-15(13)21-19(17)24/h3-9,11,14H,2,10H2,1H3,(H2,21,23,24). The molecule has 1 aromatic carbocycles. The van der Waals surface area contributed by atoms with E-state index in [2.05, 4.69) is 9.97 Å². The van der Waals surface area contributed by atoms with Crippen molar-refractivity contribution in [2.75, 3.05) is 6.61 Å². The van der Waals surface area contributed by atoms with Crippen molar-refractivity contribution < 1.29 is 14.6 Å². The third-order valence-corrected chi connectivity index (χ3v) is 4.04. The summed E-state index contributed by atoms with van der Waals surface area (Å²) in [6.45, 7) is 1.97. The maximum Gasteiger partial charge on any atom is 0.306 e. The number of para-hydroxylation sites is 1. The van der Waals surface area contributed by atoms with E-state index in [-0.39, 0.29) is 24.3 Å². The molecule has 2 N–H and O–H groups in total. The molecular weight excluding hydrogens is 320 g/mol. The van der Waals surface area contributed by atoms with Gasteiger partial charge >= 0.3 is 5.97 Å². The number of esters is 1. The van der Waals surface area contributed by atoms with Gasteiger partial charge in [-0.1, -0.05) is 18.2 Å². The molecule has 0 saturated heterocycles. The molecule has 25 heavy (non-hydrogen) atoms. The van der Waals surface area contributed by atoms with Crippen LogP contribution in [0.15, 0.2) is 53.6 Å². The van der Waals surface area contributed by atoms with Gasteiger partial charge in [-0.3, -0.25) is 14.6 Å². The van der Waals surface area contributed by atoms with Crippen LogP contribution < -0.4 is 5.56 Å². The summed E-state index contributed by atoms with van der Waals surface area (Å²) in [6, 6.07) is 10.5. The monoisotopic (exact) mass is 338 g/mol. The predicted octanol–water partition coefficient (Wildman–Crippen LogP) is 2.71. The number of pyridine rings is 2. The third-order valence-electron chi connectivity index (χ3n) is 4.04. The molecule has 6 heteroatoms. The van der Waals surface area contributed by atoms with Gasteiger partial charge in [0.15, 0.2) is 0 Å². The van der Waals surface area contributed by atoms with Crippen molar-refractivity contribution in [3.8, 4) is 5.75 Å². The molecule has 0 amide bonds. The van der Waals surface area contributed by atoms with Gasteiger partial charge in [-0.2, -0.15) is 0 Å². The number of aromatic amines is 1. The maximum absolute atomic E-state index is 12.6. The van der Waals surface area contributed by atoms with Crippen LogP contribution >= 0.6 is 0 Å². The van der Waals surface area contributed by atoms with Crippen molar-refractivity contribution in [3.05, 3.63) is 70.3 Å². The van der Waals surface area contributed by atoms with E-state index in [0.29, 0.717) is 16.5 Å². The highest BCUT2D eigenvalue weighted by Gasteiger charge is 2.26. The van der Waals surface area contributed by atoms with E-state index in [4.69, 9.17) is 4.74 Å². The van der Waals surface area contributed by atoms with Crippen molar-refractivity contribution in [1.29, 1.82) is 0 Å². The molecule has 2 aromatic heterocycles. The second kappa shape index (κ2) is 7.17. The molecule has 0 spiro atoms. The average Bonchev–Trinajstić information content (AvgIpc) is 2.62. The van der Waals surface area contributed by atoms with Crippen molar-refractivity contribution in [2.45, 2.75) is 19.3 Å². The molecule has 6 nitrogen and oxygen atoms in total. The largest absolute Gasteiger partial charge is 0.507 e. The number of carbonyl (C=O) groups is 1. The number of nitrogens with one attached hydrogen (secondary N) is 1. The van der Waals surface area contributed by atoms with E-state index in [9.17, 15) is 14.7 Å². The Morgan fingerprint density at radius 3 is 2.80 bits per heavy atom. The topological polar surface area (TPSA) is 92.3 Å². The average molecular weight is 338 g/mol. The van der Waals surface area contributed by atoms with E-state index in [1.807, 2.05) is 0 Å². The molecule has 0 saturated carbocycles. The fourth-order valence-electron chi connectivity index (χ4n) is 2.92. The lowest BCUT2D eigenvalue weighted by Crippen LogP contribution is -2.21. The number of H-pyrrole nitrogens is 1. The van der Waals surface area contributed by atoms with E-state index in [1.54, 1.807) is 55.7 Å². The molecule has 3 rings (SSSR count). The minimum absolute atomic E-state index is 0.0610. The molecule has 1 atom stereocenters. The zero-order chi connectivity index (χ0) is 17.8. The first kappa shape index (κ1) is 16.7. The van der Waals surface area contributed by atoms with Crippen molar-refractivity contribution >= 4 is 16.9 Å². The number of aromatic hydroxyl groups is 1. The zero-order valence-corrected chi connectivity index (χ0v) is 13.7. The summed E-state index contributed by atoms with van der Waals surface area (Å²) in [5.74, 6) is -1.22. The number of hydrogen-bond donors (Lipinski definition) is 2. The summed E-state index contributed by atoms with van der Waals surface area (Å²) in [5.41, 5.74) is 0.899. The molecule has 1 unspecified atom stereocenters. The Hall–Kier alpha value is -3.15. The summed E-state index contributed by atoms with van der Waals surface area (Å²) < 4.78 is 5.03. The van der Waals surface area contributed by atoms with Gasteiger partial charge < -0.3 is 14.8 Å². The number of nitrogens with zero attached hydrogens (tertiary/aromatic N) is 1. The summed E-state index contributed by atoms with van der Waals surface area (Å²) in [7, 11) is 0. The summed E-state index contributed by atoms with van der Waals surface area (Å²) in [6.07, 6.45) is 3.13. The van der Waals surface area contributed by atoms with Gasteiger partial charge in [0.25, 0.3) is 5.56 Å². The molecule has 0 aliphatic heterocycles. The highest BCUT2D eigenvalue weighted by molar-refractivity contribution is 5.86. The number of aromatic nitrogens is 2. The van der Waals surface area contributed by atoms with Crippen LogP contribution in [-0.2, 0) is 9.53 Å². The first-order valence-corrected chi connectivity index (χ1v) is 8.01. The Morgan fingerprint density at radius 2 is 2.08 bits per heavy atom. The molecule has 0 fully saturated rings. The summed E-state index contributed by atoms with van der Waals surface area (Å²) in [4.78, 5) is 31.5. The van der Waals surface area contributed by atoms with Crippen LogP contribution in [0.1, 0.15) is 30.4 Å². The molecule has 0 radical (unpaired) electrons. The van der Waals surface area contributed by atoms with Crippen LogP contribution in [0.2, 0.25) is 0 Å². The molecular formula is C19H18N2O4. The van der Waals surface area contributed by atoms with Gasteiger partial charge in [-0.25, -0.2) is 0 Å². The minimum Gasteiger partial charge on any atom is -0.507 e. The number of benzene rings is 1. The first-order valence-electron chi connectivity index (χ1n) is 8.01. The highest BCUT2D eigenvalue weighted by atomic mass is 16.5. The minimum atomic E-state index is -0.652. The maximum atomic E-state index is 12.6. The van der Waals surface area contributed by atoms with Crippen LogP contribution in [0.5, 0.6) is 5.75 Å². The Balaban J connectivity index is 2.17. The van der Waals surface area contributed by atoms with Crippen LogP contribution in [0.4, 0.5) is 0 Å². The molecule has 2 heterocycles. The fraction of sp³-hybridized carbons (Fsp3) is 0.211. The lowest BCUT2D eigenvalue weighted by molar-refractivity contribution is -0.143. The molecule has 3 aromatic rings. The number of ether oxygens (including phenoxy) is 1. The molecule has 0 aliphatic rings. The van der Waals surface area contributed by atoms with Crippen LogP contribution in [0.3, 0.4) is 0 Å². The second-order valence-electron chi connectivity index (χ2n) is 5.61. The smallest absolute Gasteiger partial charge is 0.306 e. The van der Waals surface area contributed by atoms with E-state index >= 15 is 0 Å². The molecule has 0 aliphatic carbocycles. The quantitative estimate of drug-likeness (QED) is 0.698. The second-order valence-corrected chi connectivity index (χ2v) is 5.61. The zero-order valence-electron chi connectivity index (χ0n) is 13.7.